The van der Waals surface area contributed by atoms with Crippen LogP contribution in [0, 0.1) is 5.92 Å². The molecular formula is C16H20N2O5. The fraction of sp³-hybridized carbons (Fsp3) is 0.500. The minimum atomic E-state index is -0.590. The zero-order valence-corrected chi connectivity index (χ0v) is 12.8. The van der Waals surface area contributed by atoms with Gasteiger partial charge in [-0.2, -0.15) is 0 Å². The second-order valence-corrected chi connectivity index (χ2v) is 5.79. The quantitative estimate of drug-likeness (QED) is 0.626. The Morgan fingerprint density at radius 1 is 1.30 bits per heavy atom. The molecule has 0 aromatic heterocycles. The van der Waals surface area contributed by atoms with E-state index in [2.05, 4.69) is 0 Å². The zero-order valence-electron chi connectivity index (χ0n) is 12.8. The van der Waals surface area contributed by atoms with Crippen molar-refractivity contribution in [2.24, 2.45) is 5.92 Å². The molecule has 1 fully saturated rings. The first-order chi connectivity index (χ1) is 11.2. The Morgan fingerprint density at radius 3 is 2.91 bits per heavy atom. The Bertz CT molecular complexity index is 598. The highest BCUT2D eigenvalue weighted by Gasteiger charge is 2.28. The molecule has 0 bridgehead atoms. The molecule has 0 saturated carbocycles. The van der Waals surface area contributed by atoms with Gasteiger partial charge >= 0.3 is 0 Å². The van der Waals surface area contributed by atoms with E-state index in [0.29, 0.717) is 37.6 Å². The maximum absolute atomic E-state index is 12.6. The van der Waals surface area contributed by atoms with Crippen molar-refractivity contribution in [2.75, 3.05) is 26.4 Å². The van der Waals surface area contributed by atoms with Gasteiger partial charge in [0.2, 0.25) is 5.91 Å². The van der Waals surface area contributed by atoms with E-state index in [1.807, 2.05) is 0 Å². The van der Waals surface area contributed by atoms with Gasteiger partial charge in [0.05, 0.1) is 19.1 Å². The van der Waals surface area contributed by atoms with Crippen LogP contribution in [-0.2, 0) is 16.1 Å². The number of carbonyl (C=O) groups is 2. The highest BCUT2D eigenvalue weighted by atomic mass is 16.5. The van der Waals surface area contributed by atoms with Gasteiger partial charge in [-0.05, 0) is 25.0 Å². The Balaban J connectivity index is 1.75. The van der Waals surface area contributed by atoms with Gasteiger partial charge in [0, 0.05) is 24.3 Å². The molecule has 2 aliphatic rings. The van der Waals surface area contributed by atoms with Crippen molar-refractivity contribution in [3.05, 3.63) is 29.3 Å². The summed E-state index contributed by atoms with van der Waals surface area (Å²) in [6, 6.07) is 4.94. The molecule has 0 spiro atoms. The number of hydrogen-bond acceptors (Lipinski definition) is 5. The minimum absolute atomic E-state index is 0.0789. The molecule has 2 N–H and O–H groups in total. The summed E-state index contributed by atoms with van der Waals surface area (Å²) in [7, 11) is 0. The Labute approximate surface area is 134 Å². The number of rotatable bonds is 2. The molecule has 3 rings (SSSR count). The largest absolute Gasteiger partial charge is 0.491 e. The van der Waals surface area contributed by atoms with Crippen molar-refractivity contribution in [1.82, 2.24) is 10.4 Å². The summed E-state index contributed by atoms with van der Waals surface area (Å²) in [6.07, 6.45) is 1.77. The van der Waals surface area contributed by atoms with Crippen molar-refractivity contribution >= 4 is 11.8 Å². The van der Waals surface area contributed by atoms with Gasteiger partial charge in [-0.15, -0.1) is 0 Å². The molecule has 1 saturated heterocycles. The summed E-state index contributed by atoms with van der Waals surface area (Å²) in [6.45, 7) is 2.54. The average Bonchev–Trinajstić information content (AvgIpc) is 2.82. The first-order valence-corrected chi connectivity index (χ1v) is 7.75. The predicted octanol–water partition coefficient (Wildman–Crippen LogP) is 0.953. The van der Waals surface area contributed by atoms with E-state index in [9.17, 15) is 9.59 Å². The maximum atomic E-state index is 12.6. The highest BCUT2D eigenvalue weighted by Crippen LogP contribution is 2.26. The van der Waals surface area contributed by atoms with Crippen LogP contribution in [0.4, 0.5) is 0 Å². The molecule has 2 amide bonds. The number of fused-ring (bicyclic) bond motifs is 1. The lowest BCUT2D eigenvalue weighted by molar-refractivity contribution is -0.140. The molecule has 2 aliphatic heterocycles. The summed E-state index contributed by atoms with van der Waals surface area (Å²) in [5.41, 5.74) is 2.76. The third kappa shape index (κ3) is 3.46. The SMILES string of the molecule is O=C(NO)c1ccc2c(c1)OCCN(C(=O)C1CCCOC1)C2. The molecule has 1 aromatic carbocycles. The predicted molar refractivity (Wildman–Crippen MR) is 80.1 cm³/mol. The van der Waals surface area contributed by atoms with Gasteiger partial charge in [0.25, 0.3) is 5.91 Å². The van der Waals surface area contributed by atoms with Crippen molar-refractivity contribution in [2.45, 2.75) is 19.4 Å². The van der Waals surface area contributed by atoms with Crippen LogP contribution in [0.25, 0.3) is 0 Å². The van der Waals surface area contributed by atoms with Crippen LogP contribution in [0.5, 0.6) is 5.75 Å². The van der Waals surface area contributed by atoms with Crippen LogP contribution in [0.15, 0.2) is 18.2 Å². The zero-order chi connectivity index (χ0) is 16.2. The second kappa shape index (κ2) is 6.97. The topological polar surface area (TPSA) is 88.1 Å². The van der Waals surface area contributed by atoms with Crippen molar-refractivity contribution < 1.29 is 24.3 Å². The van der Waals surface area contributed by atoms with E-state index < -0.39 is 5.91 Å². The van der Waals surface area contributed by atoms with E-state index in [1.165, 1.54) is 0 Å². The molecule has 124 valence electrons. The number of hydroxylamine groups is 1. The van der Waals surface area contributed by atoms with E-state index >= 15 is 0 Å². The summed E-state index contributed by atoms with van der Waals surface area (Å²) in [5, 5.41) is 8.70. The molecular weight excluding hydrogens is 300 g/mol. The number of hydrogen-bond donors (Lipinski definition) is 2. The Hall–Kier alpha value is -2.12. The lowest BCUT2D eigenvalue weighted by Gasteiger charge is -2.28. The van der Waals surface area contributed by atoms with Gasteiger partial charge in [-0.1, -0.05) is 6.07 Å². The van der Waals surface area contributed by atoms with Crippen LogP contribution in [0.3, 0.4) is 0 Å². The van der Waals surface area contributed by atoms with Crippen molar-refractivity contribution in [1.29, 1.82) is 0 Å². The molecule has 1 unspecified atom stereocenters. The third-order valence-corrected chi connectivity index (χ3v) is 4.23. The van der Waals surface area contributed by atoms with E-state index in [-0.39, 0.29) is 11.8 Å². The number of benzene rings is 1. The van der Waals surface area contributed by atoms with Crippen LogP contribution < -0.4 is 10.2 Å². The molecule has 2 heterocycles. The third-order valence-electron chi connectivity index (χ3n) is 4.23. The number of ether oxygens (including phenoxy) is 2. The fourth-order valence-electron chi connectivity index (χ4n) is 2.96. The van der Waals surface area contributed by atoms with Gasteiger partial charge in [0.15, 0.2) is 0 Å². The highest BCUT2D eigenvalue weighted by molar-refractivity contribution is 5.93. The van der Waals surface area contributed by atoms with Gasteiger partial charge < -0.3 is 14.4 Å². The summed E-state index contributed by atoms with van der Waals surface area (Å²) < 4.78 is 11.1. The molecule has 23 heavy (non-hydrogen) atoms. The van der Waals surface area contributed by atoms with E-state index in [0.717, 1.165) is 25.0 Å². The summed E-state index contributed by atoms with van der Waals surface area (Å²) in [4.78, 5) is 25.9. The van der Waals surface area contributed by atoms with E-state index in [1.54, 1.807) is 28.6 Å². The number of carbonyl (C=O) groups excluding carboxylic acids is 2. The lowest BCUT2D eigenvalue weighted by Crippen LogP contribution is -2.40. The molecule has 1 aromatic rings. The summed E-state index contributed by atoms with van der Waals surface area (Å²) >= 11 is 0. The maximum Gasteiger partial charge on any atom is 0.274 e. The van der Waals surface area contributed by atoms with Crippen molar-refractivity contribution in [3.8, 4) is 5.75 Å². The smallest absolute Gasteiger partial charge is 0.274 e. The average molecular weight is 320 g/mol. The Kier molecular flexibility index (Phi) is 4.78. The number of amides is 2. The van der Waals surface area contributed by atoms with Gasteiger partial charge in [-0.25, -0.2) is 5.48 Å². The molecule has 1 atom stereocenters. The lowest BCUT2D eigenvalue weighted by atomic mass is 10.00. The molecule has 7 heteroatoms. The van der Waals surface area contributed by atoms with Crippen LogP contribution in [0.1, 0.15) is 28.8 Å². The number of nitrogens with one attached hydrogen (secondary N) is 1. The molecule has 0 aliphatic carbocycles. The standard InChI is InChI=1S/C16H20N2O5/c19-15(17-21)11-3-4-12-9-18(5-7-23-14(12)8-11)16(20)13-2-1-6-22-10-13/h3-4,8,13,21H,1-2,5-7,9-10H2,(H,17,19). The molecule has 7 nitrogen and oxygen atoms in total. The van der Waals surface area contributed by atoms with Crippen LogP contribution in [0.2, 0.25) is 0 Å². The first-order valence-electron chi connectivity index (χ1n) is 7.75. The first kappa shape index (κ1) is 15.8. The number of nitrogens with zero attached hydrogens (tertiary/aromatic N) is 1. The van der Waals surface area contributed by atoms with Gasteiger partial charge in [-0.3, -0.25) is 14.8 Å². The Morgan fingerprint density at radius 2 is 2.17 bits per heavy atom. The summed E-state index contributed by atoms with van der Waals surface area (Å²) in [5.74, 6) is -0.00250. The normalized spacial score (nSPS) is 20.9. The van der Waals surface area contributed by atoms with Crippen LogP contribution >= 0.6 is 0 Å². The van der Waals surface area contributed by atoms with Gasteiger partial charge in [0.1, 0.15) is 12.4 Å². The van der Waals surface area contributed by atoms with Crippen LogP contribution in [-0.4, -0.2) is 48.3 Å². The van der Waals surface area contributed by atoms with E-state index in [4.69, 9.17) is 14.7 Å². The fourth-order valence-corrected chi connectivity index (χ4v) is 2.96. The molecule has 0 radical (unpaired) electrons. The monoisotopic (exact) mass is 320 g/mol. The van der Waals surface area contributed by atoms with Crippen molar-refractivity contribution in [3.63, 3.8) is 0 Å². The second-order valence-electron chi connectivity index (χ2n) is 5.79. The minimum Gasteiger partial charge on any atom is -0.491 e.